The van der Waals surface area contributed by atoms with E-state index in [2.05, 4.69) is 22.9 Å². The summed E-state index contributed by atoms with van der Waals surface area (Å²) in [7, 11) is 0. The molecule has 1 aromatic heterocycles. The van der Waals surface area contributed by atoms with E-state index < -0.39 is 0 Å². The molecule has 0 radical (unpaired) electrons. The predicted molar refractivity (Wildman–Crippen MR) is 70.4 cm³/mol. The second-order valence-corrected chi connectivity index (χ2v) is 4.66. The molecule has 96 valence electrons. The molecule has 1 aliphatic rings. The number of hydrogen-bond acceptors (Lipinski definition) is 4. The van der Waals surface area contributed by atoms with Crippen LogP contribution in [0.3, 0.4) is 0 Å². The maximum atomic E-state index is 9.08. The summed E-state index contributed by atoms with van der Waals surface area (Å²) in [5.74, 6) is 1.38. The van der Waals surface area contributed by atoms with Gasteiger partial charge in [0, 0.05) is 31.8 Å². The van der Waals surface area contributed by atoms with Crippen LogP contribution < -0.4 is 4.90 Å². The van der Waals surface area contributed by atoms with E-state index in [0.717, 1.165) is 45.0 Å². The molecule has 0 spiro atoms. The molecule has 18 heavy (non-hydrogen) atoms. The highest BCUT2D eigenvalue weighted by Crippen LogP contribution is 2.24. The van der Waals surface area contributed by atoms with E-state index in [1.54, 1.807) is 12.3 Å². The van der Waals surface area contributed by atoms with Gasteiger partial charge in [0.05, 0.1) is 12.2 Å². The van der Waals surface area contributed by atoms with E-state index in [1.165, 1.54) is 0 Å². The Labute approximate surface area is 108 Å². The lowest BCUT2D eigenvalue weighted by molar-refractivity contribution is 0.106. The number of anilines is 1. The molecule has 0 N–H and O–H groups in total. The summed E-state index contributed by atoms with van der Waals surface area (Å²) in [4.78, 5) is 6.52. The Morgan fingerprint density at radius 3 is 3.28 bits per heavy atom. The molecule has 1 aromatic rings. The van der Waals surface area contributed by atoms with Crippen LogP contribution in [-0.4, -0.2) is 31.3 Å². The van der Waals surface area contributed by atoms with Gasteiger partial charge in [0.25, 0.3) is 0 Å². The first kappa shape index (κ1) is 12.8. The molecule has 2 rings (SSSR count). The van der Waals surface area contributed by atoms with Crippen LogP contribution in [0.5, 0.6) is 0 Å². The fourth-order valence-electron chi connectivity index (χ4n) is 2.29. The van der Waals surface area contributed by atoms with Crippen molar-refractivity contribution in [3.8, 4) is 6.07 Å². The van der Waals surface area contributed by atoms with Gasteiger partial charge in [-0.2, -0.15) is 5.26 Å². The standard InChI is InChI=1S/C14H19N3O/c1-2-8-18-11-12-5-7-17(10-12)14-13(9-15)4-3-6-16-14/h3-4,6,12H,2,5,7-8,10-11H2,1H3. The normalized spacial score (nSPS) is 18.9. The summed E-state index contributed by atoms with van der Waals surface area (Å²) in [6.07, 6.45) is 3.93. The van der Waals surface area contributed by atoms with Gasteiger partial charge in [0.1, 0.15) is 11.9 Å². The van der Waals surface area contributed by atoms with Crippen LogP contribution in [0.15, 0.2) is 18.3 Å². The molecule has 2 heterocycles. The summed E-state index contributed by atoms with van der Waals surface area (Å²) in [5.41, 5.74) is 0.660. The van der Waals surface area contributed by atoms with E-state index in [-0.39, 0.29) is 0 Å². The molecule has 0 saturated carbocycles. The maximum Gasteiger partial charge on any atom is 0.146 e. The number of ether oxygens (including phenoxy) is 1. The Morgan fingerprint density at radius 1 is 1.61 bits per heavy atom. The van der Waals surface area contributed by atoms with Crippen LogP contribution in [0.4, 0.5) is 5.82 Å². The molecule has 0 aliphatic carbocycles. The van der Waals surface area contributed by atoms with Crippen molar-refractivity contribution < 1.29 is 4.74 Å². The lowest BCUT2D eigenvalue weighted by atomic mass is 10.1. The Bertz CT molecular complexity index is 427. The van der Waals surface area contributed by atoms with Gasteiger partial charge in [0.2, 0.25) is 0 Å². The average Bonchev–Trinajstić information content (AvgIpc) is 2.88. The minimum Gasteiger partial charge on any atom is -0.381 e. The molecular weight excluding hydrogens is 226 g/mol. The molecule has 0 aromatic carbocycles. The smallest absolute Gasteiger partial charge is 0.146 e. The second-order valence-electron chi connectivity index (χ2n) is 4.66. The predicted octanol–water partition coefficient (Wildman–Crippen LogP) is 2.21. The van der Waals surface area contributed by atoms with E-state index in [0.29, 0.717) is 11.5 Å². The monoisotopic (exact) mass is 245 g/mol. The fourth-order valence-corrected chi connectivity index (χ4v) is 2.29. The molecule has 1 unspecified atom stereocenters. The van der Waals surface area contributed by atoms with Gasteiger partial charge < -0.3 is 9.64 Å². The second kappa shape index (κ2) is 6.36. The van der Waals surface area contributed by atoms with Crippen molar-refractivity contribution in [2.75, 3.05) is 31.2 Å². The highest BCUT2D eigenvalue weighted by Gasteiger charge is 2.25. The maximum absolute atomic E-state index is 9.08. The van der Waals surface area contributed by atoms with Crippen molar-refractivity contribution in [2.45, 2.75) is 19.8 Å². The number of nitriles is 1. The van der Waals surface area contributed by atoms with Gasteiger partial charge in [-0.05, 0) is 25.0 Å². The van der Waals surface area contributed by atoms with Gasteiger partial charge in [-0.3, -0.25) is 0 Å². The van der Waals surface area contributed by atoms with Crippen LogP contribution in [-0.2, 0) is 4.74 Å². The van der Waals surface area contributed by atoms with E-state index in [9.17, 15) is 0 Å². The molecule has 0 amide bonds. The van der Waals surface area contributed by atoms with Crippen LogP contribution in [0, 0.1) is 17.2 Å². The van der Waals surface area contributed by atoms with Crippen molar-refractivity contribution in [1.82, 2.24) is 4.98 Å². The third-order valence-electron chi connectivity index (χ3n) is 3.19. The minimum atomic E-state index is 0.560. The van der Waals surface area contributed by atoms with Crippen molar-refractivity contribution in [3.05, 3.63) is 23.9 Å². The van der Waals surface area contributed by atoms with Crippen molar-refractivity contribution >= 4 is 5.82 Å². The third-order valence-corrected chi connectivity index (χ3v) is 3.19. The van der Waals surface area contributed by atoms with E-state index in [4.69, 9.17) is 10.00 Å². The molecule has 4 heteroatoms. The number of aromatic nitrogens is 1. The van der Waals surface area contributed by atoms with Crippen molar-refractivity contribution in [2.24, 2.45) is 5.92 Å². The summed E-state index contributed by atoms with van der Waals surface area (Å²) in [6, 6.07) is 5.83. The van der Waals surface area contributed by atoms with Crippen molar-refractivity contribution in [1.29, 1.82) is 5.26 Å². The van der Waals surface area contributed by atoms with Gasteiger partial charge in [-0.1, -0.05) is 6.92 Å². The van der Waals surface area contributed by atoms with Crippen LogP contribution in [0.2, 0.25) is 0 Å². The Morgan fingerprint density at radius 2 is 2.50 bits per heavy atom. The summed E-state index contributed by atoms with van der Waals surface area (Å²) >= 11 is 0. The van der Waals surface area contributed by atoms with Gasteiger partial charge in [-0.25, -0.2) is 4.98 Å². The van der Waals surface area contributed by atoms with Gasteiger partial charge in [-0.15, -0.1) is 0 Å². The number of nitrogens with zero attached hydrogens (tertiary/aromatic N) is 3. The average molecular weight is 245 g/mol. The molecule has 1 saturated heterocycles. The first-order chi connectivity index (χ1) is 8.85. The van der Waals surface area contributed by atoms with Gasteiger partial charge in [0.15, 0.2) is 0 Å². The first-order valence-electron chi connectivity index (χ1n) is 6.53. The highest BCUT2D eigenvalue weighted by atomic mass is 16.5. The molecule has 1 aliphatic heterocycles. The Hall–Kier alpha value is -1.60. The lowest BCUT2D eigenvalue weighted by Crippen LogP contribution is -2.23. The zero-order valence-corrected chi connectivity index (χ0v) is 10.8. The Balaban J connectivity index is 1.94. The number of hydrogen-bond donors (Lipinski definition) is 0. The fraction of sp³-hybridized carbons (Fsp3) is 0.571. The molecular formula is C14H19N3O. The highest BCUT2D eigenvalue weighted by molar-refractivity contribution is 5.54. The third kappa shape index (κ3) is 2.99. The molecule has 0 bridgehead atoms. The number of pyridine rings is 1. The lowest BCUT2D eigenvalue weighted by Gasteiger charge is -2.18. The largest absolute Gasteiger partial charge is 0.381 e. The summed E-state index contributed by atoms with van der Waals surface area (Å²) in [6.45, 7) is 5.68. The van der Waals surface area contributed by atoms with Crippen molar-refractivity contribution in [3.63, 3.8) is 0 Å². The minimum absolute atomic E-state index is 0.560. The van der Waals surface area contributed by atoms with Gasteiger partial charge >= 0.3 is 0 Å². The summed E-state index contributed by atoms with van der Waals surface area (Å²) < 4.78 is 5.60. The SMILES string of the molecule is CCCOCC1CCN(c2ncccc2C#N)C1. The topological polar surface area (TPSA) is 49.1 Å². The Kier molecular flexibility index (Phi) is 4.54. The van der Waals surface area contributed by atoms with Crippen LogP contribution in [0.1, 0.15) is 25.3 Å². The van der Waals surface area contributed by atoms with Crippen LogP contribution in [0.25, 0.3) is 0 Å². The quantitative estimate of drug-likeness (QED) is 0.746. The molecule has 1 fully saturated rings. The molecule has 4 nitrogen and oxygen atoms in total. The van der Waals surface area contributed by atoms with E-state index >= 15 is 0 Å². The van der Waals surface area contributed by atoms with E-state index in [1.807, 2.05) is 6.07 Å². The zero-order valence-electron chi connectivity index (χ0n) is 10.8. The first-order valence-corrected chi connectivity index (χ1v) is 6.53. The van der Waals surface area contributed by atoms with Crippen LogP contribution >= 0.6 is 0 Å². The zero-order chi connectivity index (χ0) is 12.8. The number of rotatable bonds is 5. The summed E-state index contributed by atoms with van der Waals surface area (Å²) in [5, 5.41) is 9.08. The molecule has 1 atom stereocenters.